The van der Waals surface area contributed by atoms with E-state index < -0.39 is 0 Å². The number of esters is 1. The average molecular weight is 244 g/mol. The molecule has 0 radical (unpaired) electrons. The van der Waals surface area contributed by atoms with Crippen LogP contribution < -0.4 is 5.32 Å². The van der Waals surface area contributed by atoms with E-state index in [4.69, 9.17) is 4.74 Å². The zero-order valence-corrected chi connectivity index (χ0v) is 10.2. The first-order valence-corrected chi connectivity index (χ1v) is 5.91. The van der Waals surface area contributed by atoms with Gasteiger partial charge in [0.15, 0.2) is 0 Å². The van der Waals surface area contributed by atoms with Gasteiger partial charge in [-0.3, -0.25) is 4.79 Å². The number of nitrogens with zero attached hydrogens (tertiary/aromatic N) is 1. The predicted octanol–water partition coefficient (Wildman–Crippen LogP) is 0.371. The molecule has 0 spiro atoms. The van der Waals surface area contributed by atoms with Crippen molar-refractivity contribution in [3.63, 3.8) is 0 Å². The molecular weight excluding hydrogens is 224 g/mol. The summed E-state index contributed by atoms with van der Waals surface area (Å²) in [5.74, 6) is -0.204. The maximum absolute atomic E-state index is 11.6. The van der Waals surface area contributed by atoms with E-state index in [2.05, 4.69) is 10.1 Å². The maximum atomic E-state index is 11.6. The van der Waals surface area contributed by atoms with Crippen molar-refractivity contribution >= 4 is 12.0 Å². The second-order valence-electron chi connectivity index (χ2n) is 3.86. The van der Waals surface area contributed by atoms with Crippen LogP contribution in [0.15, 0.2) is 0 Å². The van der Waals surface area contributed by atoms with Gasteiger partial charge in [-0.15, -0.1) is 0 Å². The molecule has 1 aliphatic rings. The van der Waals surface area contributed by atoms with Crippen molar-refractivity contribution < 1.29 is 19.1 Å². The molecule has 0 aromatic carbocycles. The molecule has 0 bridgehead atoms. The minimum Gasteiger partial charge on any atom is -0.469 e. The number of unbranched alkanes of at least 4 members (excludes halogenated alkanes) is 1. The number of ether oxygens (including phenoxy) is 2. The molecule has 1 aliphatic heterocycles. The van der Waals surface area contributed by atoms with Crippen LogP contribution in [0.3, 0.4) is 0 Å². The van der Waals surface area contributed by atoms with Crippen LogP contribution in [0.5, 0.6) is 0 Å². The maximum Gasteiger partial charge on any atom is 0.317 e. The van der Waals surface area contributed by atoms with Gasteiger partial charge in [0.05, 0.1) is 20.3 Å². The lowest BCUT2D eigenvalue weighted by molar-refractivity contribution is -0.140. The largest absolute Gasteiger partial charge is 0.469 e. The monoisotopic (exact) mass is 244 g/mol. The number of nitrogens with one attached hydrogen (secondary N) is 1. The molecule has 0 aromatic rings. The number of rotatable bonds is 5. The van der Waals surface area contributed by atoms with E-state index in [0.29, 0.717) is 39.3 Å². The quantitative estimate of drug-likeness (QED) is 0.560. The van der Waals surface area contributed by atoms with Crippen molar-refractivity contribution in [2.75, 3.05) is 40.0 Å². The Kier molecular flexibility index (Phi) is 6.39. The topological polar surface area (TPSA) is 67.9 Å². The minimum atomic E-state index is -0.204. The molecule has 0 aliphatic carbocycles. The molecule has 17 heavy (non-hydrogen) atoms. The molecule has 6 nitrogen and oxygen atoms in total. The van der Waals surface area contributed by atoms with Crippen molar-refractivity contribution in [3.05, 3.63) is 0 Å². The van der Waals surface area contributed by atoms with Crippen LogP contribution in [-0.4, -0.2) is 56.9 Å². The summed E-state index contributed by atoms with van der Waals surface area (Å²) in [4.78, 5) is 24.2. The van der Waals surface area contributed by atoms with Crippen LogP contribution in [0.25, 0.3) is 0 Å². The Balaban J connectivity index is 2.01. The van der Waals surface area contributed by atoms with Crippen molar-refractivity contribution in [2.45, 2.75) is 19.3 Å². The Morgan fingerprint density at radius 3 is 2.65 bits per heavy atom. The van der Waals surface area contributed by atoms with Gasteiger partial charge >= 0.3 is 12.0 Å². The van der Waals surface area contributed by atoms with Crippen molar-refractivity contribution in [3.8, 4) is 0 Å². The molecule has 0 unspecified atom stereocenters. The number of urea groups is 1. The highest BCUT2D eigenvalue weighted by atomic mass is 16.5. The number of hydrogen-bond acceptors (Lipinski definition) is 4. The van der Waals surface area contributed by atoms with E-state index in [0.717, 1.165) is 12.8 Å². The SMILES string of the molecule is COC(=O)CCCCNC(=O)N1CCOCC1. The zero-order valence-electron chi connectivity index (χ0n) is 10.2. The molecule has 6 heteroatoms. The van der Waals surface area contributed by atoms with Crippen molar-refractivity contribution in [1.29, 1.82) is 0 Å². The normalized spacial score (nSPS) is 15.5. The highest BCUT2D eigenvalue weighted by Gasteiger charge is 2.15. The average Bonchev–Trinajstić information content (AvgIpc) is 2.38. The summed E-state index contributed by atoms with van der Waals surface area (Å²) in [6.07, 6.45) is 1.92. The Bertz CT molecular complexity index is 252. The van der Waals surface area contributed by atoms with Gasteiger partial charge in [0.25, 0.3) is 0 Å². The molecule has 0 atom stereocenters. The van der Waals surface area contributed by atoms with Crippen LogP contribution in [0.2, 0.25) is 0 Å². The molecule has 1 rings (SSSR count). The standard InChI is InChI=1S/C11H20N2O4/c1-16-10(14)4-2-3-5-12-11(15)13-6-8-17-9-7-13/h2-9H2,1H3,(H,12,15). The number of morpholine rings is 1. The second-order valence-corrected chi connectivity index (χ2v) is 3.86. The number of carbonyl (C=O) groups excluding carboxylic acids is 2. The first kappa shape index (κ1) is 13.8. The summed E-state index contributed by atoms with van der Waals surface area (Å²) >= 11 is 0. The second kappa shape index (κ2) is 7.89. The highest BCUT2D eigenvalue weighted by Crippen LogP contribution is 1.99. The van der Waals surface area contributed by atoms with Gasteiger partial charge in [-0.05, 0) is 12.8 Å². The Morgan fingerprint density at radius 1 is 1.29 bits per heavy atom. The molecule has 1 fully saturated rings. The summed E-state index contributed by atoms with van der Waals surface area (Å²) in [6.45, 7) is 3.10. The van der Waals surface area contributed by atoms with Gasteiger partial charge in [-0.2, -0.15) is 0 Å². The lowest BCUT2D eigenvalue weighted by Gasteiger charge is -2.26. The molecular formula is C11H20N2O4. The highest BCUT2D eigenvalue weighted by molar-refractivity contribution is 5.74. The number of hydrogen-bond donors (Lipinski definition) is 1. The fourth-order valence-electron chi connectivity index (χ4n) is 1.57. The molecule has 1 saturated heterocycles. The van der Waals surface area contributed by atoms with Crippen LogP contribution in [0, 0.1) is 0 Å². The van der Waals surface area contributed by atoms with Gasteiger partial charge in [0.1, 0.15) is 0 Å². The molecule has 1 heterocycles. The lowest BCUT2D eigenvalue weighted by atomic mass is 10.2. The van der Waals surface area contributed by atoms with Gasteiger partial charge in [0, 0.05) is 26.1 Å². The Labute approximate surface area is 101 Å². The lowest BCUT2D eigenvalue weighted by Crippen LogP contribution is -2.46. The third-order valence-electron chi connectivity index (χ3n) is 2.61. The van der Waals surface area contributed by atoms with Crippen molar-refractivity contribution in [2.24, 2.45) is 0 Å². The minimum absolute atomic E-state index is 0.0497. The molecule has 2 amide bonds. The first-order chi connectivity index (χ1) is 8.24. The van der Waals surface area contributed by atoms with Crippen LogP contribution in [0.1, 0.15) is 19.3 Å². The van der Waals surface area contributed by atoms with E-state index in [1.165, 1.54) is 7.11 Å². The number of carbonyl (C=O) groups is 2. The van der Waals surface area contributed by atoms with Gasteiger partial charge < -0.3 is 19.7 Å². The van der Waals surface area contributed by atoms with Gasteiger partial charge in [0.2, 0.25) is 0 Å². The third-order valence-corrected chi connectivity index (χ3v) is 2.61. The molecule has 0 saturated carbocycles. The number of methoxy groups -OCH3 is 1. The van der Waals surface area contributed by atoms with E-state index >= 15 is 0 Å². The van der Waals surface area contributed by atoms with Gasteiger partial charge in [-0.25, -0.2) is 4.79 Å². The first-order valence-electron chi connectivity index (χ1n) is 5.91. The summed E-state index contributed by atoms with van der Waals surface area (Å²) < 4.78 is 9.68. The van der Waals surface area contributed by atoms with Crippen LogP contribution >= 0.6 is 0 Å². The Morgan fingerprint density at radius 2 is 2.00 bits per heavy atom. The molecule has 0 aromatic heterocycles. The van der Waals surface area contributed by atoms with Crippen LogP contribution in [0.4, 0.5) is 4.79 Å². The van der Waals surface area contributed by atoms with E-state index in [1.807, 2.05) is 0 Å². The van der Waals surface area contributed by atoms with E-state index in [1.54, 1.807) is 4.90 Å². The van der Waals surface area contributed by atoms with Crippen LogP contribution in [-0.2, 0) is 14.3 Å². The fourth-order valence-corrected chi connectivity index (χ4v) is 1.57. The summed E-state index contributed by atoms with van der Waals surface area (Å²) in [6, 6.07) is -0.0497. The number of amides is 2. The summed E-state index contributed by atoms with van der Waals surface area (Å²) in [7, 11) is 1.38. The van der Waals surface area contributed by atoms with Crippen molar-refractivity contribution in [1.82, 2.24) is 10.2 Å². The molecule has 98 valence electrons. The van der Waals surface area contributed by atoms with E-state index in [9.17, 15) is 9.59 Å². The Hall–Kier alpha value is -1.30. The fraction of sp³-hybridized carbons (Fsp3) is 0.818. The van der Waals surface area contributed by atoms with Gasteiger partial charge in [-0.1, -0.05) is 0 Å². The molecule has 1 N–H and O–H groups in total. The smallest absolute Gasteiger partial charge is 0.317 e. The zero-order chi connectivity index (χ0) is 12.5. The van der Waals surface area contributed by atoms with E-state index in [-0.39, 0.29) is 12.0 Å². The summed E-state index contributed by atoms with van der Waals surface area (Å²) in [5.41, 5.74) is 0. The predicted molar refractivity (Wildman–Crippen MR) is 61.7 cm³/mol. The summed E-state index contributed by atoms with van der Waals surface area (Å²) in [5, 5.41) is 2.82. The third kappa shape index (κ3) is 5.53.